The Bertz CT molecular complexity index is 290. The number of carbonyl (C=O) groups is 1. The minimum Gasteiger partial charge on any atom is -0.294 e. The Balaban J connectivity index is 4.38. The Hall–Kier alpha value is -1.37. The van der Waals surface area contributed by atoms with Crippen molar-refractivity contribution in [3.63, 3.8) is 0 Å². The van der Waals surface area contributed by atoms with Gasteiger partial charge < -0.3 is 0 Å². The monoisotopic (exact) mass is 190 g/mol. The third-order valence-electron chi connectivity index (χ3n) is 1.84. The van der Waals surface area contributed by atoms with Crippen molar-refractivity contribution in [2.45, 2.75) is 27.2 Å². The molecule has 0 unspecified atom stereocenters. The maximum Gasteiger partial charge on any atom is 0.166 e. The van der Waals surface area contributed by atoms with Crippen LogP contribution in [0.25, 0.3) is 0 Å². The van der Waals surface area contributed by atoms with Crippen molar-refractivity contribution < 1.29 is 4.79 Å². The minimum absolute atomic E-state index is 0.0781. The van der Waals surface area contributed by atoms with Crippen molar-refractivity contribution in [1.29, 1.82) is 0 Å². The highest BCUT2D eigenvalue weighted by atomic mass is 16.1. The molecule has 0 N–H and O–H groups in total. The standard InChI is InChI=1S/C13H18O/c1-5-8-11(4)13(14)10-12(7-3)9-6-2/h5-9H,4,10H2,1-3H3/b8-5-,9-6-,12-7+. The number of allylic oxidation sites excluding steroid dienone is 7. The molecule has 0 aliphatic rings. The van der Waals surface area contributed by atoms with Gasteiger partial charge in [-0.05, 0) is 26.3 Å². The van der Waals surface area contributed by atoms with E-state index in [1.165, 1.54) is 0 Å². The molecule has 0 bridgehead atoms. The molecule has 1 heteroatoms. The van der Waals surface area contributed by atoms with Crippen molar-refractivity contribution in [1.82, 2.24) is 0 Å². The summed E-state index contributed by atoms with van der Waals surface area (Å²) in [6.45, 7) is 9.45. The van der Waals surface area contributed by atoms with E-state index in [0.29, 0.717) is 12.0 Å². The van der Waals surface area contributed by atoms with E-state index >= 15 is 0 Å². The highest BCUT2D eigenvalue weighted by Gasteiger charge is 2.04. The second kappa shape index (κ2) is 7.07. The van der Waals surface area contributed by atoms with Crippen LogP contribution in [0.2, 0.25) is 0 Å². The van der Waals surface area contributed by atoms with Crippen molar-refractivity contribution in [2.75, 3.05) is 0 Å². The van der Waals surface area contributed by atoms with Crippen LogP contribution in [0.1, 0.15) is 27.2 Å². The lowest BCUT2D eigenvalue weighted by Gasteiger charge is -2.00. The summed E-state index contributed by atoms with van der Waals surface area (Å²) in [6.07, 6.45) is 9.82. The molecule has 0 aliphatic carbocycles. The minimum atomic E-state index is 0.0781. The molecule has 0 aromatic heterocycles. The van der Waals surface area contributed by atoms with Gasteiger partial charge in [-0.3, -0.25) is 4.79 Å². The maximum absolute atomic E-state index is 11.6. The lowest BCUT2D eigenvalue weighted by atomic mass is 10.0. The fourth-order valence-corrected chi connectivity index (χ4v) is 1.06. The van der Waals surface area contributed by atoms with E-state index in [1.807, 2.05) is 45.1 Å². The summed E-state index contributed by atoms with van der Waals surface area (Å²) in [7, 11) is 0. The lowest BCUT2D eigenvalue weighted by molar-refractivity contribution is -0.114. The molecule has 0 aromatic rings. The number of carbonyl (C=O) groups excluding carboxylic acids is 1. The molecular weight excluding hydrogens is 172 g/mol. The molecule has 0 heterocycles. The van der Waals surface area contributed by atoms with E-state index in [4.69, 9.17) is 0 Å². The fourth-order valence-electron chi connectivity index (χ4n) is 1.06. The predicted octanol–water partition coefficient (Wildman–Crippen LogP) is 3.60. The zero-order chi connectivity index (χ0) is 11.0. The number of ketones is 1. The van der Waals surface area contributed by atoms with Gasteiger partial charge in [0.2, 0.25) is 0 Å². The summed E-state index contributed by atoms with van der Waals surface area (Å²) in [5.74, 6) is 0.0781. The van der Waals surface area contributed by atoms with Crippen molar-refractivity contribution >= 4 is 5.78 Å². The Morgan fingerprint density at radius 3 is 2.14 bits per heavy atom. The molecule has 0 aliphatic heterocycles. The molecule has 0 rings (SSSR count). The summed E-state index contributed by atoms with van der Waals surface area (Å²) in [4.78, 5) is 11.6. The van der Waals surface area contributed by atoms with Gasteiger partial charge in [0.25, 0.3) is 0 Å². The second-order valence-electron chi connectivity index (χ2n) is 2.99. The van der Waals surface area contributed by atoms with Gasteiger partial charge in [-0.25, -0.2) is 0 Å². The highest BCUT2D eigenvalue weighted by molar-refractivity contribution is 5.98. The fraction of sp³-hybridized carbons (Fsp3) is 0.308. The van der Waals surface area contributed by atoms with Gasteiger partial charge in [-0.2, -0.15) is 0 Å². The molecule has 76 valence electrons. The van der Waals surface area contributed by atoms with E-state index in [9.17, 15) is 4.79 Å². The first-order valence-corrected chi connectivity index (χ1v) is 4.78. The van der Waals surface area contributed by atoms with E-state index < -0.39 is 0 Å². The molecule has 0 radical (unpaired) electrons. The van der Waals surface area contributed by atoms with Crippen LogP contribution in [0, 0.1) is 0 Å². The number of rotatable bonds is 5. The average molecular weight is 190 g/mol. The highest BCUT2D eigenvalue weighted by Crippen LogP contribution is 2.09. The first-order valence-electron chi connectivity index (χ1n) is 4.78. The number of hydrogen-bond acceptors (Lipinski definition) is 1. The third-order valence-corrected chi connectivity index (χ3v) is 1.84. The van der Waals surface area contributed by atoms with Crippen LogP contribution in [0.15, 0.2) is 48.1 Å². The zero-order valence-electron chi connectivity index (χ0n) is 9.21. The Kier molecular flexibility index (Phi) is 6.38. The second-order valence-corrected chi connectivity index (χ2v) is 2.99. The van der Waals surface area contributed by atoms with Gasteiger partial charge in [-0.1, -0.05) is 37.0 Å². The molecule has 0 aromatic carbocycles. The number of hydrogen-bond donors (Lipinski definition) is 0. The molecule has 0 amide bonds. The third kappa shape index (κ3) is 4.61. The summed E-state index contributed by atoms with van der Waals surface area (Å²) in [6, 6.07) is 0. The van der Waals surface area contributed by atoms with Gasteiger partial charge in [0.1, 0.15) is 0 Å². The molecule has 0 fully saturated rings. The van der Waals surface area contributed by atoms with Gasteiger partial charge in [0, 0.05) is 12.0 Å². The summed E-state index contributed by atoms with van der Waals surface area (Å²) < 4.78 is 0. The molecule has 14 heavy (non-hydrogen) atoms. The van der Waals surface area contributed by atoms with Gasteiger partial charge in [-0.15, -0.1) is 0 Å². The molecule has 0 spiro atoms. The van der Waals surface area contributed by atoms with E-state index in [1.54, 1.807) is 6.08 Å². The van der Waals surface area contributed by atoms with E-state index in [-0.39, 0.29) is 5.78 Å². The molecule has 0 atom stereocenters. The van der Waals surface area contributed by atoms with Crippen molar-refractivity contribution in [3.8, 4) is 0 Å². The van der Waals surface area contributed by atoms with Gasteiger partial charge in [0.15, 0.2) is 5.78 Å². The van der Waals surface area contributed by atoms with Gasteiger partial charge >= 0.3 is 0 Å². The first kappa shape index (κ1) is 12.6. The SMILES string of the molecule is C=C(/C=C\C)C(=O)CC(/C=C\C)=C/C. The van der Waals surface area contributed by atoms with Crippen LogP contribution in [0.4, 0.5) is 0 Å². The average Bonchev–Trinajstić information content (AvgIpc) is 2.17. The van der Waals surface area contributed by atoms with Crippen LogP contribution in [-0.4, -0.2) is 5.78 Å². The Labute approximate surface area is 86.5 Å². The zero-order valence-corrected chi connectivity index (χ0v) is 9.21. The van der Waals surface area contributed by atoms with E-state index in [2.05, 4.69) is 6.58 Å². The number of Topliss-reactive ketones (excluding diaryl/α,β-unsaturated/α-hetero) is 1. The summed E-state index contributed by atoms with van der Waals surface area (Å²) in [5, 5.41) is 0. The lowest BCUT2D eigenvalue weighted by Crippen LogP contribution is -2.00. The summed E-state index contributed by atoms with van der Waals surface area (Å²) in [5.41, 5.74) is 1.60. The smallest absolute Gasteiger partial charge is 0.166 e. The van der Waals surface area contributed by atoms with Crippen LogP contribution in [-0.2, 0) is 4.79 Å². The molecular formula is C13H18O. The van der Waals surface area contributed by atoms with Crippen LogP contribution in [0.5, 0.6) is 0 Å². The predicted molar refractivity (Wildman–Crippen MR) is 62.1 cm³/mol. The first-order chi connectivity index (χ1) is 6.65. The largest absolute Gasteiger partial charge is 0.294 e. The van der Waals surface area contributed by atoms with Gasteiger partial charge in [0.05, 0.1) is 0 Å². The normalized spacial score (nSPS) is 12.6. The molecule has 0 saturated heterocycles. The Morgan fingerprint density at radius 2 is 1.71 bits per heavy atom. The van der Waals surface area contributed by atoms with Crippen LogP contribution in [0.3, 0.4) is 0 Å². The van der Waals surface area contributed by atoms with Crippen LogP contribution >= 0.6 is 0 Å². The Morgan fingerprint density at radius 1 is 1.14 bits per heavy atom. The van der Waals surface area contributed by atoms with Crippen molar-refractivity contribution in [2.24, 2.45) is 0 Å². The van der Waals surface area contributed by atoms with E-state index in [0.717, 1.165) is 5.57 Å². The van der Waals surface area contributed by atoms with Crippen molar-refractivity contribution in [3.05, 3.63) is 48.1 Å². The maximum atomic E-state index is 11.6. The molecule has 1 nitrogen and oxygen atoms in total. The topological polar surface area (TPSA) is 17.1 Å². The van der Waals surface area contributed by atoms with Crippen LogP contribution < -0.4 is 0 Å². The quantitative estimate of drug-likeness (QED) is 0.478. The molecule has 0 saturated carbocycles. The summed E-state index contributed by atoms with van der Waals surface area (Å²) >= 11 is 0.